The van der Waals surface area contributed by atoms with E-state index in [1.807, 2.05) is 0 Å². The third-order valence-electron chi connectivity index (χ3n) is 4.39. The number of primary amides is 1. The monoisotopic (exact) mass is 445 g/mol. The molecular formula is C19H16F5N3O4. The molecule has 12 heteroatoms. The van der Waals surface area contributed by atoms with Crippen molar-refractivity contribution >= 4 is 12.0 Å². The van der Waals surface area contributed by atoms with Crippen LogP contribution in [0, 0.1) is 11.6 Å². The zero-order chi connectivity index (χ0) is 22.8. The summed E-state index contributed by atoms with van der Waals surface area (Å²) in [7, 11) is 0. The van der Waals surface area contributed by atoms with Crippen molar-refractivity contribution in [3.05, 3.63) is 47.2 Å². The molecule has 0 saturated heterocycles. The van der Waals surface area contributed by atoms with Crippen molar-refractivity contribution in [1.82, 2.24) is 10.3 Å². The minimum Gasteiger partial charge on any atom is -0.470 e. The third-order valence-corrected chi connectivity index (χ3v) is 4.39. The Morgan fingerprint density at radius 3 is 2.61 bits per heavy atom. The summed E-state index contributed by atoms with van der Waals surface area (Å²) in [5.74, 6) is -2.63. The van der Waals surface area contributed by atoms with E-state index in [0.29, 0.717) is 11.6 Å². The van der Waals surface area contributed by atoms with Crippen LogP contribution < -0.4 is 15.8 Å². The topological polar surface area (TPSA) is 104 Å². The standard InChI is InChI=1S/C19H16F5N3O4/c20-9-1-3-11(14(21)5-9)13-6-15(16(25)28)27-17-12(13)4-2-10(31-17)7-30-18(29)26-8-19(22,23)24/h1,3,5-6,10H,2,4,7-8H2,(H2,25,28)(H,26,29)/t10-/m0/s1. The average molecular weight is 445 g/mol. The molecule has 0 spiro atoms. The number of rotatable bonds is 5. The van der Waals surface area contributed by atoms with Crippen molar-refractivity contribution in [3.8, 4) is 17.0 Å². The predicted molar refractivity (Wildman–Crippen MR) is 96.2 cm³/mol. The van der Waals surface area contributed by atoms with Crippen molar-refractivity contribution in [2.24, 2.45) is 5.73 Å². The molecule has 3 rings (SSSR count). The number of halogens is 5. The molecule has 1 aromatic heterocycles. The molecule has 0 unspecified atom stereocenters. The first-order chi connectivity index (χ1) is 14.5. The van der Waals surface area contributed by atoms with Crippen LogP contribution in [0.2, 0.25) is 0 Å². The average Bonchev–Trinajstić information content (AvgIpc) is 2.69. The second-order valence-electron chi connectivity index (χ2n) is 6.67. The largest absolute Gasteiger partial charge is 0.470 e. The number of carbonyl (C=O) groups is 2. The first kappa shape index (κ1) is 22.2. The molecule has 0 bridgehead atoms. The lowest BCUT2D eigenvalue weighted by molar-refractivity contribution is -0.123. The number of pyridine rings is 1. The van der Waals surface area contributed by atoms with Gasteiger partial charge in [-0.2, -0.15) is 13.2 Å². The summed E-state index contributed by atoms with van der Waals surface area (Å²) in [6.45, 7) is -1.93. The molecule has 1 aliphatic rings. The molecule has 1 aromatic carbocycles. The van der Waals surface area contributed by atoms with E-state index in [2.05, 4.69) is 4.98 Å². The first-order valence-corrected chi connectivity index (χ1v) is 8.96. The molecular weight excluding hydrogens is 429 g/mol. The van der Waals surface area contributed by atoms with Crippen LogP contribution in [-0.2, 0) is 11.2 Å². The summed E-state index contributed by atoms with van der Waals surface area (Å²) in [4.78, 5) is 27.0. The SMILES string of the molecule is NC(=O)c1cc(-c2ccc(F)cc2F)c2c(n1)O[C@H](COC(=O)NCC(F)(F)F)CC2. The second kappa shape index (κ2) is 8.74. The quantitative estimate of drug-likeness (QED) is 0.689. The Labute approximate surface area is 172 Å². The Kier molecular flexibility index (Phi) is 6.27. The molecule has 3 N–H and O–H groups in total. The molecule has 31 heavy (non-hydrogen) atoms. The zero-order valence-corrected chi connectivity index (χ0v) is 15.8. The Balaban J connectivity index is 1.80. The molecule has 1 atom stereocenters. The highest BCUT2D eigenvalue weighted by Gasteiger charge is 2.30. The maximum absolute atomic E-state index is 14.3. The van der Waals surface area contributed by atoms with E-state index < -0.39 is 42.5 Å². The van der Waals surface area contributed by atoms with Crippen LogP contribution in [-0.4, -0.2) is 42.4 Å². The fraction of sp³-hybridized carbons (Fsp3) is 0.316. The molecule has 0 saturated carbocycles. The number of nitrogens with zero attached hydrogens (tertiary/aromatic N) is 1. The maximum atomic E-state index is 14.3. The van der Waals surface area contributed by atoms with Crippen LogP contribution in [0.3, 0.4) is 0 Å². The number of hydrogen-bond acceptors (Lipinski definition) is 5. The Bertz CT molecular complexity index is 1010. The van der Waals surface area contributed by atoms with Gasteiger partial charge in [0.2, 0.25) is 5.88 Å². The second-order valence-corrected chi connectivity index (χ2v) is 6.67. The highest BCUT2D eigenvalue weighted by Crippen LogP contribution is 2.36. The van der Waals surface area contributed by atoms with Crippen molar-refractivity contribution in [2.45, 2.75) is 25.1 Å². The molecule has 1 aliphatic heterocycles. The first-order valence-electron chi connectivity index (χ1n) is 8.96. The summed E-state index contributed by atoms with van der Waals surface area (Å²) >= 11 is 0. The van der Waals surface area contributed by atoms with Crippen molar-refractivity contribution in [2.75, 3.05) is 13.2 Å². The van der Waals surface area contributed by atoms with Crippen LogP contribution in [0.5, 0.6) is 5.88 Å². The number of hydrogen-bond donors (Lipinski definition) is 2. The van der Waals surface area contributed by atoms with E-state index in [-0.39, 0.29) is 42.1 Å². The summed E-state index contributed by atoms with van der Waals surface area (Å²) in [6, 6.07) is 4.20. The Hall–Kier alpha value is -3.44. The number of ether oxygens (including phenoxy) is 2. The maximum Gasteiger partial charge on any atom is 0.407 e. The minimum atomic E-state index is -4.58. The number of benzene rings is 1. The van der Waals surface area contributed by atoms with Gasteiger partial charge in [0.25, 0.3) is 5.91 Å². The summed E-state index contributed by atoms with van der Waals surface area (Å²) in [5.41, 5.74) is 5.71. The summed E-state index contributed by atoms with van der Waals surface area (Å²) in [5, 5.41) is 1.56. The van der Waals surface area contributed by atoms with Gasteiger partial charge in [-0.3, -0.25) is 4.79 Å². The molecule has 2 heterocycles. The normalized spacial score (nSPS) is 15.6. The lowest BCUT2D eigenvalue weighted by atomic mass is 9.94. The van der Waals surface area contributed by atoms with Gasteiger partial charge < -0.3 is 20.5 Å². The van der Waals surface area contributed by atoms with Gasteiger partial charge >= 0.3 is 12.3 Å². The number of nitrogens with one attached hydrogen (secondary N) is 1. The molecule has 0 aliphatic carbocycles. The van der Waals surface area contributed by atoms with Gasteiger partial charge in [0.15, 0.2) is 0 Å². The van der Waals surface area contributed by atoms with E-state index in [1.165, 1.54) is 12.1 Å². The van der Waals surface area contributed by atoms with E-state index in [0.717, 1.165) is 6.07 Å². The van der Waals surface area contributed by atoms with Gasteiger partial charge in [0, 0.05) is 17.2 Å². The summed E-state index contributed by atoms with van der Waals surface area (Å²) in [6.07, 6.45) is -6.12. The van der Waals surface area contributed by atoms with Gasteiger partial charge in [-0.1, -0.05) is 0 Å². The number of alkyl halides is 3. The molecule has 2 amide bonds. The molecule has 7 nitrogen and oxygen atoms in total. The third kappa shape index (κ3) is 5.58. The van der Waals surface area contributed by atoms with Gasteiger partial charge in [0.05, 0.1) is 0 Å². The number of carbonyl (C=O) groups excluding carboxylic acids is 2. The lowest BCUT2D eigenvalue weighted by Gasteiger charge is -2.27. The van der Waals surface area contributed by atoms with Crippen molar-refractivity contribution in [3.63, 3.8) is 0 Å². The lowest BCUT2D eigenvalue weighted by Crippen LogP contribution is -2.37. The van der Waals surface area contributed by atoms with Crippen LogP contribution in [0.15, 0.2) is 24.3 Å². The van der Waals surface area contributed by atoms with Crippen LogP contribution in [0.25, 0.3) is 11.1 Å². The van der Waals surface area contributed by atoms with E-state index >= 15 is 0 Å². The number of aromatic nitrogens is 1. The highest BCUT2D eigenvalue weighted by atomic mass is 19.4. The highest BCUT2D eigenvalue weighted by molar-refractivity contribution is 5.93. The number of fused-ring (bicyclic) bond motifs is 1. The zero-order valence-electron chi connectivity index (χ0n) is 15.8. The number of alkyl carbamates (subject to hydrolysis) is 1. The fourth-order valence-electron chi connectivity index (χ4n) is 2.99. The smallest absolute Gasteiger partial charge is 0.407 e. The molecule has 166 valence electrons. The van der Waals surface area contributed by atoms with Crippen LogP contribution in [0.4, 0.5) is 26.7 Å². The van der Waals surface area contributed by atoms with Gasteiger partial charge in [0.1, 0.15) is 36.6 Å². The fourth-order valence-corrected chi connectivity index (χ4v) is 2.99. The molecule has 2 aromatic rings. The number of amides is 2. The van der Waals surface area contributed by atoms with Crippen molar-refractivity contribution in [1.29, 1.82) is 0 Å². The van der Waals surface area contributed by atoms with E-state index in [9.17, 15) is 31.5 Å². The van der Waals surface area contributed by atoms with Gasteiger partial charge in [-0.15, -0.1) is 0 Å². The predicted octanol–water partition coefficient (Wildman–Crippen LogP) is 3.11. The van der Waals surface area contributed by atoms with Gasteiger partial charge in [-0.05, 0) is 36.6 Å². The summed E-state index contributed by atoms with van der Waals surface area (Å²) < 4.78 is 74.3. The Morgan fingerprint density at radius 1 is 1.23 bits per heavy atom. The molecule has 0 radical (unpaired) electrons. The number of nitrogens with two attached hydrogens (primary N) is 1. The Morgan fingerprint density at radius 2 is 1.97 bits per heavy atom. The minimum absolute atomic E-state index is 0.00683. The van der Waals surface area contributed by atoms with E-state index in [4.69, 9.17) is 15.2 Å². The van der Waals surface area contributed by atoms with Crippen LogP contribution in [0.1, 0.15) is 22.5 Å². The van der Waals surface area contributed by atoms with Crippen LogP contribution >= 0.6 is 0 Å². The van der Waals surface area contributed by atoms with E-state index in [1.54, 1.807) is 5.32 Å². The van der Waals surface area contributed by atoms with Crippen molar-refractivity contribution < 1.29 is 41.0 Å². The van der Waals surface area contributed by atoms with Gasteiger partial charge in [-0.25, -0.2) is 18.6 Å². The molecule has 0 fully saturated rings.